The summed E-state index contributed by atoms with van der Waals surface area (Å²) in [5, 5.41) is 10.8. The molecule has 2 unspecified atom stereocenters. The Balaban J connectivity index is 0.00000300. The zero-order chi connectivity index (χ0) is 19.9. The van der Waals surface area contributed by atoms with Crippen LogP contribution in [0.4, 0.5) is 0 Å². The smallest absolute Gasteiger partial charge is 0.254 e. The summed E-state index contributed by atoms with van der Waals surface area (Å²) in [5.41, 5.74) is 3.05. The first-order valence-corrected chi connectivity index (χ1v) is 10.5. The van der Waals surface area contributed by atoms with Crippen molar-refractivity contribution in [3.63, 3.8) is 0 Å². The van der Waals surface area contributed by atoms with E-state index < -0.39 is 0 Å². The number of morpholine rings is 1. The van der Waals surface area contributed by atoms with Crippen molar-refractivity contribution in [3.8, 4) is 0 Å². The Labute approximate surface area is 193 Å². The molecule has 1 aliphatic heterocycles. The third-order valence-electron chi connectivity index (χ3n) is 4.63. The fourth-order valence-corrected chi connectivity index (χ4v) is 3.95. The van der Waals surface area contributed by atoms with E-state index in [0.29, 0.717) is 25.2 Å². The van der Waals surface area contributed by atoms with Gasteiger partial charge in [-0.1, -0.05) is 12.1 Å². The molecule has 1 amide bonds. The molecule has 1 saturated heterocycles. The Morgan fingerprint density at radius 3 is 2.28 bits per heavy atom. The van der Waals surface area contributed by atoms with E-state index in [4.69, 9.17) is 4.74 Å². The Morgan fingerprint density at radius 1 is 1.10 bits per heavy atom. The lowest BCUT2D eigenvalue weighted by Crippen LogP contribution is -2.48. The van der Waals surface area contributed by atoms with E-state index in [1.165, 1.54) is 5.56 Å². The number of guanidine groups is 1. The van der Waals surface area contributed by atoms with E-state index in [-0.39, 0.29) is 42.1 Å². The molecule has 0 bridgehead atoms. The van der Waals surface area contributed by atoms with Crippen LogP contribution in [0.3, 0.4) is 0 Å². The topological polar surface area (TPSA) is 66.0 Å². The van der Waals surface area contributed by atoms with Gasteiger partial charge in [0, 0.05) is 38.8 Å². The number of thiophene rings is 1. The highest BCUT2D eigenvalue weighted by molar-refractivity contribution is 14.0. The van der Waals surface area contributed by atoms with Gasteiger partial charge >= 0.3 is 0 Å². The largest absolute Gasteiger partial charge is 0.372 e. The first kappa shape index (κ1) is 23.6. The third-order valence-corrected chi connectivity index (χ3v) is 5.36. The minimum absolute atomic E-state index is 0. The van der Waals surface area contributed by atoms with Crippen LogP contribution < -0.4 is 10.6 Å². The molecule has 3 rings (SSSR count). The summed E-state index contributed by atoms with van der Waals surface area (Å²) in [7, 11) is 1.76. The van der Waals surface area contributed by atoms with Gasteiger partial charge in [-0.3, -0.25) is 9.79 Å². The third kappa shape index (κ3) is 6.97. The SMILES string of the molecule is CN=C(NCc1ccc(C(=O)N2CC(C)OC(C)C2)cc1)NCc1ccsc1.I. The minimum atomic E-state index is 0. The van der Waals surface area contributed by atoms with E-state index >= 15 is 0 Å². The molecule has 6 nitrogen and oxygen atoms in total. The van der Waals surface area contributed by atoms with Gasteiger partial charge < -0.3 is 20.3 Å². The van der Waals surface area contributed by atoms with Crippen molar-refractivity contribution in [1.82, 2.24) is 15.5 Å². The number of hydrogen-bond donors (Lipinski definition) is 2. The summed E-state index contributed by atoms with van der Waals surface area (Å²) in [4.78, 5) is 18.9. The average Bonchev–Trinajstić information content (AvgIpc) is 3.21. The van der Waals surface area contributed by atoms with Gasteiger partial charge in [0.05, 0.1) is 12.2 Å². The summed E-state index contributed by atoms with van der Waals surface area (Å²) in [5.74, 6) is 0.817. The van der Waals surface area contributed by atoms with Crippen molar-refractivity contribution >= 4 is 47.2 Å². The Hall–Kier alpha value is -1.65. The fraction of sp³-hybridized carbons (Fsp3) is 0.429. The highest BCUT2D eigenvalue weighted by Crippen LogP contribution is 2.15. The predicted molar refractivity (Wildman–Crippen MR) is 129 cm³/mol. The summed E-state index contributed by atoms with van der Waals surface area (Å²) in [6, 6.07) is 9.85. The highest BCUT2D eigenvalue weighted by atomic mass is 127. The van der Waals surface area contributed by atoms with Crippen molar-refractivity contribution in [2.24, 2.45) is 4.99 Å². The van der Waals surface area contributed by atoms with Crippen LogP contribution in [0.1, 0.15) is 35.3 Å². The number of carbonyl (C=O) groups excluding carboxylic acids is 1. The molecular weight excluding hydrogens is 499 g/mol. The lowest BCUT2D eigenvalue weighted by atomic mass is 10.1. The number of rotatable bonds is 5. The van der Waals surface area contributed by atoms with Crippen LogP contribution in [0.2, 0.25) is 0 Å². The molecule has 2 heterocycles. The second-order valence-electron chi connectivity index (χ2n) is 7.08. The minimum Gasteiger partial charge on any atom is -0.372 e. The van der Waals surface area contributed by atoms with Gasteiger partial charge in [0.2, 0.25) is 0 Å². The fourth-order valence-electron chi connectivity index (χ4n) is 3.28. The number of nitrogens with one attached hydrogen (secondary N) is 2. The van der Waals surface area contributed by atoms with Crippen LogP contribution >= 0.6 is 35.3 Å². The van der Waals surface area contributed by atoms with E-state index in [1.54, 1.807) is 18.4 Å². The van der Waals surface area contributed by atoms with Gasteiger partial charge in [-0.15, -0.1) is 24.0 Å². The maximum absolute atomic E-state index is 12.7. The molecular formula is C21H29IN4O2S. The standard InChI is InChI=1S/C21H28N4O2S.HI/c1-15-12-25(13-16(2)27-15)20(26)19-6-4-17(5-7-19)10-23-21(22-3)24-11-18-8-9-28-14-18;/h4-9,14-16H,10-13H2,1-3H3,(H2,22,23,24);1H. The number of carbonyl (C=O) groups is 1. The van der Waals surface area contributed by atoms with Crippen molar-refractivity contribution in [2.45, 2.75) is 39.1 Å². The second kappa shape index (κ2) is 11.5. The lowest BCUT2D eigenvalue weighted by Gasteiger charge is -2.35. The van der Waals surface area contributed by atoms with E-state index in [0.717, 1.165) is 18.1 Å². The number of hydrogen-bond acceptors (Lipinski definition) is 4. The molecule has 158 valence electrons. The van der Waals surface area contributed by atoms with Gasteiger partial charge in [0.15, 0.2) is 5.96 Å². The summed E-state index contributed by atoms with van der Waals surface area (Å²) in [6.45, 7) is 6.67. The van der Waals surface area contributed by atoms with Gasteiger partial charge in [0.25, 0.3) is 5.91 Å². The normalized spacial score (nSPS) is 19.4. The lowest BCUT2D eigenvalue weighted by molar-refractivity contribution is -0.0586. The first-order chi connectivity index (χ1) is 13.5. The molecule has 2 aromatic rings. The molecule has 0 aliphatic carbocycles. The Bertz CT molecular complexity index is 786. The number of nitrogens with zero attached hydrogens (tertiary/aromatic N) is 2. The molecule has 1 aromatic heterocycles. The second-order valence-corrected chi connectivity index (χ2v) is 7.86. The Kier molecular flexibility index (Phi) is 9.38. The van der Waals surface area contributed by atoms with Crippen LogP contribution in [-0.4, -0.2) is 49.1 Å². The van der Waals surface area contributed by atoms with Crippen LogP contribution in [-0.2, 0) is 17.8 Å². The molecule has 0 spiro atoms. The van der Waals surface area contributed by atoms with Crippen molar-refractivity contribution in [3.05, 3.63) is 57.8 Å². The van der Waals surface area contributed by atoms with Crippen LogP contribution in [0.15, 0.2) is 46.1 Å². The molecule has 1 fully saturated rings. The van der Waals surface area contributed by atoms with Crippen LogP contribution in [0.5, 0.6) is 0 Å². The van der Waals surface area contributed by atoms with Crippen molar-refractivity contribution < 1.29 is 9.53 Å². The molecule has 2 atom stereocenters. The van der Waals surface area contributed by atoms with Gasteiger partial charge in [0.1, 0.15) is 0 Å². The number of halogens is 1. The van der Waals surface area contributed by atoms with Crippen LogP contribution in [0.25, 0.3) is 0 Å². The first-order valence-electron chi connectivity index (χ1n) is 9.54. The number of ether oxygens (including phenoxy) is 1. The molecule has 29 heavy (non-hydrogen) atoms. The van der Waals surface area contributed by atoms with Gasteiger partial charge in [-0.05, 0) is 53.9 Å². The van der Waals surface area contributed by atoms with Crippen LogP contribution in [0, 0.1) is 0 Å². The molecule has 1 aliphatic rings. The van der Waals surface area contributed by atoms with Crippen molar-refractivity contribution in [1.29, 1.82) is 0 Å². The molecule has 0 saturated carbocycles. The van der Waals surface area contributed by atoms with Gasteiger partial charge in [-0.2, -0.15) is 11.3 Å². The molecule has 1 aromatic carbocycles. The van der Waals surface area contributed by atoms with Crippen molar-refractivity contribution in [2.75, 3.05) is 20.1 Å². The monoisotopic (exact) mass is 528 g/mol. The average molecular weight is 528 g/mol. The highest BCUT2D eigenvalue weighted by Gasteiger charge is 2.26. The number of benzene rings is 1. The molecule has 2 N–H and O–H groups in total. The number of amides is 1. The summed E-state index contributed by atoms with van der Waals surface area (Å²) >= 11 is 1.68. The van der Waals surface area contributed by atoms with Gasteiger partial charge in [-0.25, -0.2) is 0 Å². The quantitative estimate of drug-likeness (QED) is 0.355. The summed E-state index contributed by atoms with van der Waals surface area (Å²) in [6.07, 6.45) is 0.147. The zero-order valence-electron chi connectivity index (χ0n) is 17.1. The predicted octanol–water partition coefficient (Wildman–Crippen LogP) is 3.48. The number of aliphatic imine (C=N–C) groups is 1. The Morgan fingerprint density at radius 2 is 1.72 bits per heavy atom. The maximum Gasteiger partial charge on any atom is 0.254 e. The zero-order valence-corrected chi connectivity index (χ0v) is 20.2. The molecule has 0 radical (unpaired) electrons. The van der Waals surface area contributed by atoms with E-state index in [9.17, 15) is 4.79 Å². The summed E-state index contributed by atoms with van der Waals surface area (Å²) < 4.78 is 5.71. The maximum atomic E-state index is 12.7. The molecule has 8 heteroatoms. The van der Waals surface area contributed by atoms with E-state index in [2.05, 4.69) is 32.5 Å². The van der Waals surface area contributed by atoms with E-state index in [1.807, 2.05) is 43.0 Å².